The third-order valence-electron chi connectivity index (χ3n) is 3.66. The molecule has 1 fully saturated rings. The van der Waals surface area contributed by atoms with Crippen LogP contribution in [0.25, 0.3) is 0 Å². The molecular formula is C13H18N4O4. The third-order valence-corrected chi connectivity index (χ3v) is 3.66. The van der Waals surface area contributed by atoms with Crippen LogP contribution < -0.4 is 5.73 Å². The number of nitrogen functional groups attached to an aromatic ring is 1. The Labute approximate surface area is 121 Å². The number of pyridine rings is 1. The maximum Gasteiger partial charge on any atom is 0.300 e. The summed E-state index contributed by atoms with van der Waals surface area (Å²) in [6.07, 6.45) is 4.25. The standard InChI is InChI=1S/C13H18N4O4/c14-12-7-10(11(8-15-12)17(20)21)13(19)16(5-2-6-18)9-3-1-4-9/h7-9,18H,1-6H2,(H2,14,15). The molecule has 0 atom stereocenters. The van der Waals surface area contributed by atoms with E-state index in [4.69, 9.17) is 10.8 Å². The first-order chi connectivity index (χ1) is 10.0. The minimum absolute atomic E-state index is 0.0307. The van der Waals surface area contributed by atoms with Gasteiger partial charge in [-0.25, -0.2) is 4.98 Å². The van der Waals surface area contributed by atoms with Gasteiger partial charge in [0.05, 0.1) is 4.92 Å². The summed E-state index contributed by atoms with van der Waals surface area (Å²) in [7, 11) is 0. The number of rotatable bonds is 6. The lowest BCUT2D eigenvalue weighted by molar-refractivity contribution is -0.385. The van der Waals surface area contributed by atoms with Crippen molar-refractivity contribution in [2.45, 2.75) is 31.7 Å². The summed E-state index contributed by atoms with van der Waals surface area (Å²) in [6, 6.07) is 1.32. The number of anilines is 1. The molecule has 1 saturated carbocycles. The molecule has 0 spiro atoms. The summed E-state index contributed by atoms with van der Waals surface area (Å²) in [5, 5.41) is 20.0. The number of aromatic nitrogens is 1. The van der Waals surface area contributed by atoms with Gasteiger partial charge >= 0.3 is 0 Å². The van der Waals surface area contributed by atoms with Crippen molar-refractivity contribution >= 4 is 17.4 Å². The second-order valence-corrected chi connectivity index (χ2v) is 5.04. The van der Waals surface area contributed by atoms with Gasteiger partial charge in [0.15, 0.2) is 0 Å². The van der Waals surface area contributed by atoms with E-state index in [0.29, 0.717) is 13.0 Å². The van der Waals surface area contributed by atoms with E-state index >= 15 is 0 Å². The number of aliphatic hydroxyl groups is 1. The highest BCUT2D eigenvalue weighted by atomic mass is 16.6. The second kappa shape index (κ2) is 6.49. The molecule has 1 aromatic heterocycles. The topological polar surface area (TPSA) is 123 Å². The van der Waals surface area contributed by atoms with Gasteiger partial charge in [0.1, 0.15) is 17.6 Å². The van der Waals surface area contributed by atoms with Crippen molar-refractivity contribution in [1.82, 2.24) is 9.88 Å². The summed E-state index contributed by atoms with van der Waals surface area (Å²) in [5.41, 5.74) is 5.15. The normalized spacial score (nSPS) is 14.5. The first kappa shape index (κ1) is 15.2. The predicted molar refractivity (Wildman–Crippen MR) is 75.7 cm³/mol. The highest BCUT2D eigenvalue weighted by Gasteiger charge is 2.32. The summed E-state index contributed by atoms with van der Waals surface area (Å²) in [6.45, 7) is 0.344. The number of hydrogen-bond donors (Lipinski definition) is 2. The molecule has 0 aliphatic heterocycles. The van der Waals surface area contributed by atoms with Crippen LogP contribution in [0.1, 0.15) is 36.0 Å². The number of nitrogens with two attached hydrogens (primary N) is 1. The van der Waals surface area contributed by atoms with Crippen molar-refractivity contribution < 1.29 is 14.8 Å². The third kappa shape index (κ3) is 3.27. The van der Waals surface area contributed by atoms with Crippen molar-refractivity contribution in [1.29, 1.82) is 0 Å². The Bertz CT molecular complexity index is 545. The average Bonchev–Trinajstić information content (AvgIpc) is 2.40. The molecular weight excluding hydrogens is 276 g/mol. The lowest BCUT2D eigenvalue weighted by Crippen LogP contribution is -2.45. The van der Waals surface area contributed by atoms with E-state index in [1.54, 1.807) is 4.90 Å². The molecule has 1 heterocycles. The van der Waals surface area contributed by atoms with E-state index in [0.717, 1.165) is 25.5 Å². The van der Waals surface area contributed by atoms with Gasteiger partial charge in [-0.1, -0.05) is 0 Å². The Morgan fingerprint density at radius 2 is 2.29 bits per heavy atom. The summed E-state index contributed by atoms with van der Waals surface area (Å²) in [4.78, 5) is 28.3. The van der Waals surface area contributed by atoms with Crippen LogP contribution in [-0.2, 0) is 0 Å². The Kier molecular flexibility index (Phi) is 4.69. The maximum atomic E-state index is 12.6. The molecule has 1 aromatic rings. The lowest BCUT2D eigenvalue weighted by Gasteiger charge is -2.37. The Morgan fingerprint density at radius 3 is 2.81 bits per heavy atom. The molecule has 0 unspecified atom stereocenters. The zero-order chi connectivity index (χ0) is 15.4. The molecule has 0 radical (unpaired) electrons. The molecule has 8 nitrogen and oxygen atoms in total. The summed E-state index contributed by atoms with van der Waals surface area (Å²) < 4.78 is 0. The van der Waals surface area contributed by atoms with Crippen LogP contribution >= 0.6 is 0 Å². The van der Waals surface area contributed by atoms with Gasteiger partial charge in [0.2, 0.25) is 0 Å². The van der Waals surface area contributed by atoms with Crippen LogP contribution in [0, 0.1) is 10.1 Å². The molecule has 21 heavy (non-hydrogen) atoms. The minimum atomic E-state index is -0.634. The first-order valence-corrected chi connectivity index (χ1v) is 6.86. The Morgan fingerprint density at radius 1 is 1.57 bits per heavy atom. The second-order valence-electron chi connectivity index (χ2n) is 5.04. The fourth-order valence-corrected chi connectivity index (χ4v) is 2.33. The summed E-state index contributed by atoms with van der Waals surface area (Å²) >= 11 is 0. The molecule has 8 heteroatoms. The SMILES string of the molecule is Nc1cc(C(=O)N(CCCO)C2CCC2)c([N+](=O)[O-])cn1. The van der Waals surface area contributed by atoms with Crippen molar-refractivity contribution in [2.75, 3.05) is 18.9 Å². The first-order valence-electron chi connectivity index (χ1n) is 6.86. The average molecular weight is 294 g/mol. The van der Waals surface area contributed by atoms with Gasteiger partial charge in [-0.3, -0.25) is 14.9 Å². The zero-order valence-electron chi connectivity index (χ0n) is 11.6. The van der Waals surface area contributed by atoms with Crippen molar-refractivity contribution in [3.05, 3.63) is 27.9 Å². The molecule has 0 saturated heterocycles. The van der Waals surface area contributed by atoms with Gasteiger partial charge in [-0.2, -0.15) is 0 Å². The Hall–Kier alpha value is -2.22. The van der Waals surface area contributed by atoms with Crippen LogP contribution in [0.3, 0.4) is 0 Å². The number of nitro groups is 1. The maximum absolute atomic E-state index is 12.6. The summed E-state index contributed by atoms with van der Waals surface area (Å²) in [5.74, 6) is -0.353. The van der Waals surface area contributed by atoms with Gasteiger partial charge in [-0.15, -0.1) is 0 Å². The smallest absolute Gasteiger partial charge is 0.300 e. The van der Waals surface area contributed by atoms with Crippen LogP contribution in [0.15, 0.2) is 12.3 Å². The molecule has 0 bridgehead atoms. The van der Waals surface area contributed by atoms with E-state index in [2.05, 4.69) is 4.98 Å². The molecule has 3 N–H and O–H groups in total. The molecule has 1 amide bonds. The van der Waals surface area contributed by atoms with E-state index < -0.39 is 10.8 Å². The largest absolute Gasteiger partial charge is 0.396 e. The Balaban J connectivity index is 2.30. The monoisotopic (exact) mass is 294 g/mol. The molecule has 114 valence electrons. The lowest BCUT2D eigenvalue weighted by atomic mass is 9.90. The van der Waals surface area contributed by atoms with Crippen LogP contribution in [0.2, 0.25) is 0 Å². The van der Waals surface area contributed by atoms with Gasteiger partial charge in [0.25, 0.3) is 11.6 Å². The fraction of sp³-hybridized carbons (Fsp3) is 0.538. The number of carbonyl (C=O) groups is 1. The molecule has 0 aromatic carbocycles. The highest BCUT2D eigenvalue weighted by Crippen LogP contribution is 2.29. The van der Waals surface area contributed by atoms with E-state index in [-0.39, 0.29) is 29.7 Å². The minimum Gasteiger partial charge on any atom is -0.396 e. The quantitative estimate of drug-likeness (QED) is 0.594. The molecule has 2 rings (SSSR count). The number of amides is 1. The van der Waals surface area contributed by atoms with Crippen molar-refractivity contribution in [3.63, 3.8) is 0 Å². The fourth-order valence-electron chi connectivity index (χ4n) is 2.33. The van der Waals surface area contributed by atoms with Gasteiger partial charge in [0, 0.05) is 19.2 Å². The number of aliphatic hydroxyl groups excluding tert-OH is 1. The molecule has 1 aliphatic carbocycles. The zero-order valence-corrected chi connectivity index (χ0v) is 11.6. The van der Waals surface area contributed by atoms with E-state index in [1.165, 1.54) is 6.07 Å². The predicted octanol–water partition coefficient (Wildman–Crippen LogP) is 0.949. The molecule has 1 aliphatic rings. The number of carbonyl (C=O) groups excluding carboxylic acids is 1. The van der Waals surface area contributed by atoms with Crippen LogP contribution in [-0.4, -0.2) is 45.0 Å². The van der Waals surface area contributed by atoms with Crippen LogP contribution in [0.4, 0.5) is 11.5 Å². The van der Waals surface area contributed by atoms with E-state index in [9.17, 15) is 14.9 Å². The highest BCUT2D eigenvalue weighted by molar-refractivity contribution is 5.98. The van der Waals surface area contributed by atoms with Crippen molar-refractivity contribution in [2.24, 2.45) is 0 Å². The number of hydrogen-bond acceptors (Lipinski definition) is 6. The van der Waals surface area contributed by atoms with Gasteiger partial charge in [-0.05, 0) is 31.7 Å². The van der Waals surface area contributed by atoms with Gasteiger partial charge < -0.3 is 15.7 Å². The van der Waals surface area contributed by atoms with Crippen molar-refractivity contribution in [3.8, 4) is 0 Å². The number of nitrogens with zero attached hydrogens (tertiary/aromatic N) is 3. The van der Waals surface area contributed by atoms with Crippen LogP contribution in [0.5, 0.6) is 0 Å². The van der Waals surface area contributed by atoms with E-state index in [1.807, 2.05) is 0 Å².